The van der Waals surface area contributed by atoms with E-state index in [9.17, 15) is 14.7 Å². The van der Waals surface area contributed by atoms with Gasteiger partial charge in [0.05, 0.1) is 13.2 Å². The fraction of sp³-hybridized carbons (Fsp3) is 0.833. The quantitative estimate of drug-likeness (QED) is 0.660. The van der Waals surface area contributed by atoms with Crippen molar-refractivity contribution in [2.24, 2.45) is 0 Å². The van der Waals surface area contributed by atoms with Gasteiger partial charge in [0.2, 0.25) is 5.91 Å². The lowest BCUT2D eigenvalue weighted by Crippen LogP contribution is -2.57. The molecule has 1 rings (SSSR count). The van der Waals surface area contributed by atoms with Gasteiger partial charge in [-0.25, -0.2) is 0 Å². The Morgan fingerprint density at radius 3 is 2.78 bits per heavy atom. The van der Waals surface area contributed by atoms with Crippen LogP contribution in [0.5, 0.6) is 0 Å². The Morgan fingerprint density at radius 2 is 2.17 bits per heavy atom. The molecule has 0 aromatic carbocycles. The Kier molecular flexibility index (Phi) is 5.55. The summed E-state index contributed by atoms with van der Waals surface area (Å²) in [6, 6.07) is 0. The number of carboxylic acid groups (broad SMARTS) is 1. The van der Waals surface area contributed by atoms with Crippen LogP contribution in [0.15, 0.2) is 0 Å². The summed E-state index contributed by atoms with van der Waals surface area (Å²) in [7, 11) is 1.57. The van der Waals surface area contributed by atoms with Gasteiger partial charge in [-0.05, 0) is 32.7 Å². The van der Waals surface area contributed by atoms with Crippen LogP contribution in [0.3, 0.4) is 0 Å². The molecule has 6 nitrogen and oxygen atoms in total. The summed E-state index contributed by atoms with van der Waals surface area (Å²) in [6.07, 6.45) is 2.42. The molecule has 18 heavy (non-hydrogen) atoms. The van der Waals surface area contributed by atoms with Gasteiger partial charge < -0.3 is 15.2 Å². The van der Waals surface area contributed by atoms with Crippen LogP contribution in [0.4, 0.5) is 0 Å². The van der Waals surface area contributed by atoms with Gasteiger partial charge in [-0.3, -0.25) is 14.5 Å². The van der Waals surface area contributed by atoms with Gasteiger partial charge in [-0.2, -0.15) is 0 Å². The maximum atomic E-state index is 11.7. The second-order valence-electron chi connectivity index (χ2n) is 4.80. The van der Waals surface area contributed by atoms with Crippen LogP contribution < -0.4 is 5.32 Å². The zero-order valence-electron chi connectivity index (χ0n) is 11.1. The van der Waals surface area contributed by atoms with Gasteiger partial charge in [0, 0.05) is 13.7 Å². The van der Waals surface area contributed by atoms with Crippen LogP contribution in [0.1, 0.15) is 26.2 Å². The number of amides is 1. The molecule has 6 heteroatoms. The van der Waals surface area contributed by atoms with Gasteiger partial charge in [0.25, 0.3) is 0 Å². The molecule has 0 radical (unpaired) electrons. The Labute approximate surface area is 107 Å². The number of ether oxygens (including phenoxy) is 1. The fourth-order valence-corrected chi connectivity index (χ4v) is 2.19. The predicted molar refractivity (Wildman–Crippen MR) is 66.4 cm³/mol. The summed E-state index contributed by atoms with van der Waals surface area (Å²) in [6.45, 7) is 3.39. The van der Waals surface area contributed by atoms with Crippen molar-refractivity contribution in [2.75, 3.05) is 33.4 Å². The number of nitrogens with zero attached hydrogens (tertiary/aromatic N) is 1. The van der Waals surface area contributed by atoms with E-state index in [1.54, 1.807) is 18.9 Å². The number of likely N-dealkylation sites (tertiary alicyclic amines) is 1. The third-order valence-corrected chi connectivity index (χ3v) is 3.46. The number of methoxy groups -OCH3 is 1. The summed E-state index contributed by atoms with van der Waals surface area (Å²) in [5.74, 6) is -1.01. The fourth-order valence-electron chi connectivity index (χ4n) is 2.19. The summed E-state index contributed by atoms with van der Waals surface area (Å²) in [5, 5.41) is 12.0. The number of carbonyl (C=O) groups is 2. The van der Waals surface area contributed by atoms with Gasteiger partial charge in [0.15, 0.2) is 0 Å². The van der Waals surface area contributed by atoms with E-state index in [1.165, 1.54) is 0 Å². The van der Waals surface area contributed by atoms with Crippen molar-refractivity contribution < 1.29 is 19.4 Å². The number of carboxylic acids is 1. The molecule has 1 unspecified atom stereocenters. The molecule has 0 aromatic heterocycles. The molecule has 1 atom stereocenters. The highest BCUT2D eigenvalue weighted by Gasteiger charge is 2.41. The summed E-state index contributed by atoms with van der Waals surface area (Å²) in [4.78, 5) is 24.8. The Morgan fingerprint density at radius 1 is 1.44 bits per heavy atom. The summed E-state index contributed by atoms with van der Waals surface area (Å²) in [5.41, 5.74) is -0.920. The first-order valence-corrected chi connectivity index (χ1v) is 6.25. The normalized spacial score (nSPS) is 24.8. The van der Waals surface area contributed by atoms with Crippen molar-refractivity contribution in [1.82, 2.24) is 10.2 Å². The van der Waals surface area contributed by atoms with E-state index in [1.807, 2.05) is 0 Å². The van der Waals surface area contributed by atoms with Crippen LogP contribution in [0, 0.1) is 0 Å². The van der Waals surface area contributed by atoms with Crippen LogP contribution in [-0.4, -0.2) is 60.8 Å². The maximum absolute atomic E-state index is 11.7. The molecule has 1 aliphatic heterocycles. The third kappa shape index (κ3) is 3.68. The topological polar surface area (TPSA) is 78.9 Å². The van der Waals surface area contributed by atoms with E-state index < -0.39 is 11.5 Å². The zero-order chi connectivity index (χ0) is 13.6. The second-order valence-corrected chi connectivity index (χ2v) is 4.80. The van der Waals surface area contributed by atoms with E-state index >= 15 is 0 Å². The molecule has 1 aliphatic rings. The average molecular weight is 258 g/mol. The molecule has 0 aliphatic carbocycles. The van der Waals surface area contributed by atoms with Crippen LogP contribution in [-0.2, 0) is 14.3 Å². The van der Waals surface area contributed by atoms with Gasteiger partial charge in [0.1, 0.15) is 5.54 Å². The molecule has 1 amide bonds. The molecule has 1 saturated heterocycles. The van der Waals surface area contributed by atoms with Crippen molar-refractivity contribution >= 4 is 11.9 Å². The maximum Gasteiger partial charge on any atom is 0.323 e. The standard InChI is InChI=1S/C12H22N2O4/c1-12(11(16)17)5-3-4-7-14(12)9-10(15)13-6-8-18-2/h3-9H2,1-2H3,(H,13,15)(H,16,17). The minimum absolute atomic E-state index is 0.131. The van der Waals surface area contributed by atoms with E-state index in [0.29, 0.717) is 26.1 Å². The smallest absolute Gasteiger partial charge is 0.323 e. The van der Waals surface area contributed by atoms with Crippen molar-refractivity contribution in [3.63, 3.8) is 0 Å². The van der Waals surface area contributed by atoms with Crippen LogP contribution >= 0.6 is 0 Å². The molecule has 0 saturated carbocycles. The van der Waals surface area contributed by atoms with Gasteiger partial charge in [-0.15, -0.1) is 0 Å². The molecular formula is C12H22N2O4. The monoisotopic (exact) mass is 258 g/mol. The highest BCUT2D eigenvalue weighted by molar-refractivity contribution is 5.82. The first-order chi connectivity index (χ1) is 8.50. The minimum atomic E-state index is -0.920. The first kappa shape index (κ1) is 14.9. The van der Waals surface area contributed by atoms with Crippen molar-refractivity contribution in [3.8, 4) is 0 Å². The second kappa shape index (κ2) is 6.70. The molecule has 0 aromatic rings. The Hall–Kier alpha value is -1.14. The molecule has 2 N–H and O–H groups in total. The van der Waals surface area contributed by atoms with Crippen molar-refractivity contribution in [2.45, 2.75) is 31.7 Å². The number of piperidine rings is 1. The minimum Gasteiger partial charge on any atom is -0.480 e. The molecule has 0 bridgehead atoms. The number of aliphatic carboxylic acids is 1. The van der Waals surface area contributed by atoms with E-state index in [4.69, 9.17) is 4.74 Å². The number of hydrogen-bond donors (Lipinski definition) is 2. The Bertz CT molecular complexity index is 308. The molecule has 1 fully saturated rings. The van der Waals surface area contributed by atoms with Crippen LogP contribution in [0.2, 0.25) is 0 Å². The van der Waals surface area contributed by atoms with Gasteiger partial charge in [-0.1, -0.05) is 0 Å². The zero-order valence-corrected chi connectivity index (χ0v) is 11.1. The first-order valence-electron chi connectivity index (χ1n) is 6.25. The number of rotatable bonds is 6. The van der Waals surface area contributed by atoms with Crippen molar-refractivity contribution in [3.05, 3.63) is 0 Å². The number of hydrogen-bond acceptors (Lipinski definition) is 4. The lowest BCUT2D eigenvalue weighted by Gasteiger charge is -2.41. The summed E-state index contributed by atoms with van der Waals surface area (Å²) >= 11 is 0. The third-order valence-electron chi connectivity index (χ3n) is 3.46. The SMILES string of the molecule is COCCNC(=O)CN1CCCCC1(C)C(=O)O. The lowest BCUT2D eigenvalue weighted by molar-refractivity contribution is -0.153. The van der Waals surface area contributed by atoms with E-state index in [2.05, 4.69) is 5.32 Å². The predicted octanol–water partition coefficient (Wildman–Crippen LogP) is 0.0782. The molecule has 1 heterocycles. The van der Waals surface area contributed by atoms with Crippen LogP contribution in [0.25, 0.3) is 0 Å². The van der Waals surface area contributed by atoms with Gasteiger partial charge >= 0.3 is 5.97 Å². The molecular weight excluding hydrogens is 236 g/mol. The number of carbonyl (C=O) groups excluding carboxylic acids is 1. The summed E-state index contributed by atoms with van der Waals surface area (Å²) < 4.78 is 4.84. The number of nitrogens with one attached hydrogen (secondary N) is 1. The highest BCUT2D eigenvalue weighted by atomic mass is 16.5. The largest absolute Gasteiger partial charge is 0.480 e. The lowest BCUT2D eigenvalue weighted by atomic mass is 9.88. The molecule has 104 valence electrons. The van der Waals surface area contributed by atoms with E-state index in [-0.39, 0.29) is 12.5 Å². The molecule has 0 spiro atoms. The van der Waals surface area contributed by atoms with E-state index in [0.717, 1.165) is 12.8 Å². The average Bonchev–Trinajstić information content (AvgIpc) is 2.32. The Balaban J connectivity index is 2.52. The van der Waals surface area contributed by atoms with Crippen molar-refractivity contribution in [1.29, 1.82) is 0 Å². The highest BCUT2D eigenvalue weighted by Crippen LogP contribution is 2.27.